The fourth-order valence-corrected chi connectivity index (χ4v) is 7.68. The van der Waals surface area contributed by atoms with Crippen LogP contribution in [0.1, 0.15) is 58.1 Å². The Bertz CT molecular complexity index is 1790. The van der Waals surface area contributed by atoms with Crippen LogP contribution in [0.4, 0.5) is 18.3 Å². The molecule has 44 heavy (non-hydrogen) atoms. The highest BCUT2D eigenvalue weighted by Gasteiger charge is 2.48. The molecule has 3 atom stereocenters. The normalized spacial score (nSPS) is 21.3. The molecule has 1 aliphatic heterocycles. The number of rotatable bonds is 8. The van der Waals surface area contributed by atoms with E-state index in [2.05, 4.69) is 10.1 Å². The molecule has 3 fully saturated rings. The van der Waals surface area contributed by atoms with Gasteiger partial charge in [-0.05, 0) is 43.5 Å². The molecule has 7 rings (SSSR count). The van der Waals surface area contributed by atoms with E-state index in [1.54, 1.807) is 18.2 Å². The van der Waals surface area contributed by atoms with Gasteiger partial charge in [0, 0.05) is 36.4 Å². The number of hydrogen-bond donors (Lipinski definition) is 1. The third-order valence-electron chi connectivity index (χ3n) is 8.14. The molecule has 2 aliphatic carbocycles. The van der Waals surface area contributed by atoms with E-state index in [1.165, 1.54) is 17.4 Å². The largest absolute Gasteiger partial charge is 0.482 e. The molecular formula is C29H22Cl2F3N3O6S. The third-order valence-corrected chi connectivity index (χ3v) is 9.81. The molecule has 0 radical (unpaired) electrons. The number of thiazole rings is 1. The van der Waals surface area contributed by atoms with Crippen LogP contribution in [0.2, 0.25) is 10.0 Å². The maximum Gasteiger partial charge on any atom is 0.422 e. The highest BCUT2D eigenvalue weighted by atomic mass is 35.5. The third kappa shape index (κ3) is 5.34. The monoisotopic (exact) mass is 667 g/mol. The van der Waals surface area contributed by atoms with Crippen LogP contribution in [-0.2, 0) is 4.74 Å². The molecule has 2 bridgehead atoms. The van der Waals surface area contributed by atoms with Crippen molar-refractivity contribution < 1.29 is 41.9 Å². The van der Waals surface area contributed by atoms with Crippen LogP contribution in [-0.4, -0.2) is 58.7 Å². The summed E-state index contributed by atoms with van der Waals surface area (Å²) in [5.74, 6) is -1.59. The lowest BCUT2D eigenvalue weighted by molar-refractivity contribution is -0.153. The van der Waals surface area contributed by atoms with E-state index in [0.717, 1.165) is 18.9 Å². The van der Waals surface area contributed by atoms with Gasteiger partial charge >= 0.3 is 18.1 Å². The molecule has 3 aliphatic rings. The predicted molar refractivity (Wildman–Crippen MR) is 155 cm³/mol. The van der Waals surface area contributed by atoms with Gasteiger partial charge in [-0.3, -0.25) is 0 Å². The molecule has 0 spiro atoms. The summed E-state index contributed by atoms with van der Waals surface area (Å²) >= 11 is 14.0. The van der Waals surface area contributed by atoms with Gasteiger partial charge in [0.15, 0.2) is 17.5 Å². The fraction of sp³-hybridized carbons (Fsp3) is 0.379. The molecule has 9 nitrogen and oxygen atoms in total. The Labute approximate surface area is 261 Å². The minimum Gasteiger partial charge on any atom is -0.482 e. The first-order valence-electron chi connectivity index (χ1n) is 13.8. The van der Waals surface area contributed by atoms with E-state index in [9.17, 15) is 27.9 Å². The SMILES string of the molecule is O=C(O)c1cc(OCC(F)(F)F)c2nc(N3C[C@@H]4C[C@H]3C[C@H]4OC(=O)c3c(-c4c(Cl)cccc4Cl)noc3C3CC3)sc2c1. The van der Waals surface area contributed by atoms with E-state index in [1.807, 2.05) is 4.90 Å². The summed E-state index contributed by atoms with van der Waals surface area (Å²) < 4.78 is 55.6. The maximum atomic E-state index is 13.7. The van der Waals surface area contributed by atoms with E-state index < -0.39 is 24.7 Å². The summed E-state index contributed by atoms with van der Waals surface area (Å²) in [4.78, 5) is 31.8. The van der Waals surface area contributed by atoms with Gasteiger partial charge in [-0.15, -0.1) is 0 Å². The highest BCUT2D eigenvalue weighted by Crippen LogP contribution is 2.48. The van der Waals surface area contributed by atoms with Crippen LogP contribution in [0.15, 0.2) is 34.9 Å². The van der Waals surface area contributed by atoms with Crippen molar-refractivity contribution in [1.82, 2.24) is 10.1 Å². The summed E-state index contributed by atoms with van der Waals surface area (Å²) in [6.07, 6.45) is -2.03. The molecule has 1 N–H and O–H groups in total. The van der Waals surface area contributed by atoms with Crippen molar-refractivity contribution in [2.75, 3.05) is 18.1 Å². The predicted octanol–water partition coefficient (Wildman–Crippen LogP) is 7.60. The second kappa shape index (κ2) is 10.8. The van der Waals surface area contributed by atoms with Crippen molar-refractivity contribution in [2.24, 2.45) is 5.92 Å². The zero-order valence-electron chi connectivity index (χ0n) is 22.6. The maximum absolute atomic E-state index is 13.7. The molecule has 2 aromatic carbocycles. The molecule has 230 valence electrons. The topological polar surface area (TPSA) is 115 Å². The molecule has 1 saturated heterocycles. The summed E-state index contributed by atoms with van der Waals surface area (Å²) in [6, 6.07) is 7.39. The van der Waals surface area contributed by atoms with E-state index >= 15 is 0 Å². The first kappa shape index (κ1) is 29.2. The zero-order chi connectivity index (χ0) is 30.9. The van der Waals surface area contributed by atoms with Crippen LogP contribution in [0.3, 0.4) is 0 Å². The number of carbonyl (C=O) groups excluding carboxylic acids is 1. The molecule has 0 unspecified atom stereocenters. The van der Waals surface area contributed by atoms with Gasteiger partial charge in [-0.2, -0.15) is 13.2 Å². The van der Waals surface area contributed by atoms with E-state index in [4.69, 9.17) is 37.2 Å². The molecular weight excluding hydrogens is 646 g/mol. The molecule has 3 heterocycles. The number of anilines is 1. The number of hydrogen-bond acceptors (Lipinski definition) is 9. The minimum absolute atomic E-state index is 0.0249. The van der Waals surface area contributed by atoms with Gasteiger partial charge in [0.2, 0.25) is 0 Å². The number of nitrogens with zero attached hydrogens (tertiary/aromatic N) is 3. The van der Waals surface area contributed by atoms with Crippen molar-refractivity contribution in [3.63, 3.8) is 0 Å². The van der Waals surface area contributed by atoms with Gasteiger partial charge in [-0.1, -0.05) is 45.8 Å². The number of esters is 1. The number of carboxylic acid groups (broad SMARTS) is 1. The van der Waals surface area contributed by atoms with E-state index in [0.29, 0.717) is 50.6 Å². The number of benzene rings is 2. The first-order valence-corrected chi connectivity index (χ1v) is 15.3. The molecule has 4 aromatic rings. The second-order valence-electron chi connectivity index (χ2n) is 11.1. The first-order chi connectivity index (χ1) is 21.0. The average Bonchev–Trinajstić information content (AvgIpc) is 3.27. The lowest BCUT2D eigenvalue weighted by Crippen LogP contribution is -2.39. The Morgan fingerprint density at radius 3 is 2.55 bits per heavy atom. The standard InChI is InChI=1S/C29H22Cl2F3N3O6S/c30-16-2-1-3-17(31)21(16)24-22(25(43-36-24)12-4-5-12)27(40)42-18-9-15-6-14(18)10-37(15)28-35-23-19(41-11-29(32,33)34)7-13(26(38)39)8-20(23)44-28/h1-3,7-8,12,14-15,18H,4-6,9-11H2,(H,38,39)/t14-,15-,18+/m0/s1. The zero-order valence-corrected chi connectivity index (χ0v) is 24.9. The lowest BCUT2D eigenvalue weighted by Gasteiger charge is -2.31. The summed E-state index contributed by atoms with van der Waals surface area (Å²) in [5, 5.41) is 14.8. The summed E-state index contributed by atoms with van der Waals surface area (Å²) in [6.45, 7) is -1.08. The van der Waals surface area contributed by atoms with Crippen LogP contribution < -0.4 is 9.64 Å². The Balaban J connectivity index is 1.11. The number of fused-ring (bicyclic) bond motifs is 3. The number of carbonyl (C=O) groups is 2. The molecule has 15 heteroatoms. The number of ether oxygens (including phenoxy) is 2. The van der Waals surface area contributed by atoms with Gasteiger partial charge in [-0.25, -0.2) is 14.6 Å². The number of carboxylic acids is 1. The van der Waals surface area contributed by atoms with Crippen molar-refractivity contribution >= 4 is 61.8 Å². The number of piperidine rings is 1. The lowest BCUT2D eigenvalue weighted by atomic mass is 10.0. The van der Waals surface area contributed by atoms with Gasteiger partial charge < -0.3 is 24.0 Å². The van der Waals surface area contributed by atoms with Gasteiger partial charge in [0.05, 0.1) is 20.3 Å². The highest BCUT2D eigenvalue weighted by molar-refractivity contribution is 7.22. The van der Waals surface area contributed by atoms with Crippen molar-refractivity contribution in [2.45, 2.75) is 49.9 Å². The summed E-state index contributed by atoms with van der Waals surface area (Å²) in [5.41, 5.74) is 0.843. The fourth-order valence-electron chi connectivity index (χ4n) is 6.00. The molecule has 2 saturated carbocycles. The Morgan fingerprint density at radius 2 is 1.91 bits per heavy atom. The van der Waals surface area contributed by atoms with Crippen LogP contribution in [0.25, 0.3) is 21.5 Å². The number of alkyl halides is 3. The Morgan fingerprint density at radius 1 is 1.16 bits per heavy atom. The summed E-state index contributed by atoms with van der Waals surface area (Å²) in [7, 11) is 0. The van der Waals surface area contributed by atoms with Crippen LogP contribution >= 0.6 is 34.5 Å². The van der Waals surface area contributed by atoms with Gasteiger partial charge in [0.1, 0.15) is 28.6 Å². The number of halogens is 5. The number of aromatic carboxylic acids is 1. The second-order valence-corrected chi connectivity index (χ2v) is 13.0. The molecule has 0 amide bonds. The Hall–Kier alpha value is -3.55. The minimum atomic E-state index is -4.60. The number of aromatic nitrogens is 2. The van der Waals surface area contributed by atoms with Gasteiger partial charge in [0.25, 0.3) is 0 Å². The van der Waals surface area contributed by atoms with Crippen molar-refractivity contribution in [3.8, 4) is 17.0 Å². The quantitative estimate of drug-likeness (QED) is 0.190. The molecule has 2 aromatic heterocycles. The van der Waals surface area contributed by atoms with Crippen LogP contribution in [0.5, 0.6) is 5.75 Å². The average molecular weight is 668 g/mol. The van der Waals surface area contributed by atoms with Crippen LogP contribution in [0, 0.1) is 5.92 Å². The van der Waals surface area contributed by atoms with Crippen molar-refractivity contribution in [1.29, 1.82) is 0 Å². The van der Waals surface area contributed by atoms with E-state index in [-0.39, 0.29) is 52.1 Å². The smallest absolute Gasteiger partial charge is 0.422 e. The van der Waals surface area contributed by atoms with Crippen molar-refractivity contribution in [3.05, 3.63) is 57.3 Å². The Kier molecular flexibility index (Phi) is 7.17.